The number of phenols is 4. The van der Waals surface area contributed by atoms with E-state index in [0.29, 0.717) is 123 Å². The monoisotopic (exact) mass is 1690 g/mol. The maximum absolute atomic E-state index is 16.0. The van der Waals surface area contributed by atoms with Gasteiger partial charge in [-0.2, -0.15) is 0 Å². The van der Waals surface area contributed by atoms with E-state index in [9.17, 15) is 20.4 Å². The Morgan fingerprint density at radius 2 is 0.446 bits per heavy atom. The van der Waals surface area contributed by atoms with Gasteiger partial charge in [-0.1, -0.05) is 165 Å². The second-order valence-electron chi connectivity index (χ2n) is 36.4. The van der Waals surface area contributed by atoms with Crippen LogP contribution < -0.4 is 28.7 Å². The van der Waals surface area contributed by atoms with E-state index >= 15 is 19.2 Å². The number of nitrogens with zero attached hydrogens (tertiary/aromatic N) is 2. The molecular weight excluding hydrogens is 1610 g/mol. The third-order valence-corrected chi connectivity index (χ3v) is 27.6. The second-order valence-corrected chi connectivity index (χ2v) is 36.4. The summed E-state index contributed by atoms with van der Waals surface area (Å²) in [4.78, 5) is 66.6. The normalized spacial score (nSPS) is 14.1. The topological polar surface area (TPSA) is 193 Å². The number of fused-ring (bicyclic) bond motifs is 14. The Balaban J connectivity index is 0.623. The molecular formula is C116H78N2O12. The lowest BCUT2D eigenvalue weighted by Gasteiger charge is -2.33. The summed E-state index contributed by atoms with van der Waals surface area (Å²) in [6, 6.07) is 81.0. The number of ether oxygens (including phenoxy) is 4. The lowest BCUT2D eigenvalue weighted by Crippen LogP contribution is -2.42. The molecule has 130 heavy (non-hydrogen) atoms. The molecule has 0 unspecified atom stereocenters. The van der Waals surface area contributed by atoms with Crippen LogP contribution in [0.2, 0.25) is 0 Å². The van der Waals surface area contributed by atoms with Crippen LogP contribution in [-0.4, -0.2) is 44.1 Å². The van der Waals surface area contributed by atoms with Crippen LogP contribution in [0.15, 0.2) is 255 Å². The minimum Gasteiger partial charge on any atom is -0.508 e. The molecule has 0 atom stereocenters. The molecule has 14 nitrogen and oxygen atoms in total. The molecule has 2 heterocycles. The number of imide groups is 2. The highest BCUT2D eigenvalue weighted by Gasteiger charge is 2.44. The predicted molar refractivity (Wildman–Crippen MR) is 521 cm³/mol. The molecule has 4 N–H and O–H groups in total. The number of rotatable bonds is 14. The lowest BCUT2D eigenvalue weighted by molar-refractivity contribution is 0.0877. The molecule has 2 aliphatic heterocycles. The van der Waals surface area contributed by atoms with E-state index in [1.54, 1.807) is 121 Å². The summed E-state index contributed by atoms with van der Waals surface area (Å²) in [7, 11) is 0. The smallest absolute Gasteiger partial charge is 0.266 e. The number of anilines is 2. The highest BCUT2D eigenvalue weighted by molar-refractivity contribution is 6.48. The van der Waals surface area contributed by atoms with Crippen LogP contribution in [-0.2, 0) is 0 Å². The first-order chi connectivity index (χ1) is 63.0. The number of hydrogen-bond donors (Lipinski definition) is 4. The summed E-state index contributed by atoms with van der Waals surface area (Å²) in [6.07, 6.45) is 8.89. The van der Waals surface area contributed by atoms with E-state index in [0.717, 1.165) is 154 Å². The highest BCUT2D eigenvalue weighted by atomic mass is 16.5. The van der Waals surface area contributed by atoms with Crippen LogP contribution >= 0.6 is 0 Å². The Labute approximate surface area is 744 Å². The van der Waals surface area contributed by atoms with Gasteiger partial charge in [0.1, 0.15) is 69.0 Å². The SMILES string of the molecule is CC(C)c1cccc(C(C)C)c1N1C(=O)c2cc(Oc3ccc(O)cc3)c3c4ccc5c6c(ccc(c7c(Oc8ccc(O)cc8)cc(c2c37)C1=O)c64)-c1cc2cc3c(cc2cc1-5)/C=C\c1cc2cc4c(cc2cc1/C=C\3)-c1ccc2c3c(Oc5ccc(O)cc5)cc5c6c(cc(Oc7ccc(O)cc7)c(c7ccc-4c1c72)c63)C(=O)N(c1c(C(C)C)cccc1C(C)C)C5=O. The lowest BCUT2D eigenvalue weighted by atomic mass is 9.82. The molecule has 5 aliphatic rings. The van der Waals surface area contributed by atoms with Crippen molar-refractivity contribution in [2.24, 2.45) is 0 Å². The third-order valence-electron chi connectivity index (χ3n) is 27.6. The zero-order valence-corrected chi connectivity index (χ0v) is 71.8. The van der Waals surface area contributed by atoms with Crippen LogP contribution in [0.3, 0.4) is 0 Å². The molecule has 624 valence electrons. The van der Waals surface area contributed by atoms with E-state index in [2.05, 4.69) is 177 Å². The van der Waals surface area contributed by atoms with Crippen LogP contribution in [0.25, 0.3) is 177 Å². The molecule has 20 aromatic carbocycles. The van der Waals surface area contributed by atoms with Crippen molar-refractivity contribution in [3.05, 3.63) is 322 Å². The largest absolute Gasteiger partial charge is 0.508 e. The number of carbonyl (C=O) groups is 4. The van der Waals surface area contributed by atoms with Crippen LogP contribution in [0.5, 0.6) is 69.0 Å². The van der Waals surface area contributed by atoms with Crippen molar-refractivity contribution >= 4 is 167 Å². The number of phenolic OH excluding ortho intramolecular Hbond substituents is 4. The quantitative estimate of drug-likeness (QED) is 0.0458. The maximum atomic E-state index is 16.0. The van der Waals surface area contributed by atoms with Gasteiger partial charge in [0.05, 0.1) is 33.6 Å². The van der Waals surface area contributed by atoms with Gasteiger partial charge in [-0.05, 0) is 347 Å². The molecule has 3 aliphatic carbocycles. The Morgan fingerprint density at radius 1 is 0.223 bits per heavy atom. The van der Waals surface area contributed by atoms with Gasteiger partial charge in [-0.25, -0.2) is 9.80 Å². The molecule has 0 saturated carbocycles. The number of aromatic hydroxyl groups is 4. The molecule has 0 aromatic heterocycles. The summed E-state index contributed by atoms with van der Waals surface area (Å²) >= 11 is 0. The highest BCUT2D eigenvalue weighted by Crippen LogP contribution is 2.62. The average molecular weight is 1690 g/mol. The van der Waals surface area contributed by atoms with Crippen molar-refractivity contribution in [2.45, 2.75) is 79.1 Å². The van der Waals surface area contributed by atoms with E-state index in [4.69, 9.17) is 18.9 Å². The summed E-state index contributed by atoms with van der Waals surface area (Å²) < 4.78 is 28.3. The molecule has 0 saturated heterocycles. The molecule has 0 radical (unpaired) electrons. The number of carbonyl (C=O) groups excluding carboxylic acids is 4. The van der Waals surface area contributed by atoms with Crippen molar-refractivity contribution < 1.29 is 58.6 Å². The Bertz CT molecular complexity index is 7680. The third kappa shape index (κ3) is 10.9. The first-order valence-electron chi connectivity index (χ1n) is 44.1. The standard InChI is InChI=1S/C116H78N2O12/c1-55(2)75-11-9-12-76(56(3)4)111(75)117-113(123)91-51-95(127-71-27-19-67(119)20-28-71)105-83-39-35-79-87-47-63-43-59-15-17-61-45-65-49-89-81-37-41-85-102-86(108-98(130-74-33-25-70(122)26-34-74)54-94-104-93(53-97(107(85)110(104)108)129-73-31-23-69(121)24-32-73)115(125)118(116(94)126)112-77(57(5)6)13-10-14-78(112)58(7)8)42-38-82(100(81)102)90(89)50-66(65)46-62(61)18-16-60(59)44-64(63)48-88(87)80-36-40-84(101(83)99(79)80)106-96(128-72-29-21-68(120)22-30-72)52-92(114(117)124)103(91)109(105)106/h9-58,119-122H,1-8H3/b17-15-,18-16-,59-15?,60-16?,61-17?,62-18?. The van der Waals surface area contributed by atoms with Crippen molar-refractivity contribution in [3.63, 3.8) is 0 Å². The molecule has 0 fully saturated rings. The summed E-state index contributed by atoms with van der Waals surface area (Å²) in [6.45, 7) is 16.5. The number of amides is 4. The molecule has 14 heteroatoms. The van der Waals surface area contributed by atoms with Gasteiger partial charge in [-0.3, -0.25) is 19.2 Å². The molecule has 20 aromatic rings. The Kier molecular flexibility index (Phi) is 16.2. The molecule has 0 bridgehead atoms. The minimum absolute atomic E-state index is 0.0441. The first-order valence-corrected chi connectivity index (χ1v) is 44.1. The van der Waals surface area contributed by atoms with Crippen molar-refractivity contribution in [1.29, 1.82) is 0 Å². The fourth-order valence-electron chi connectivity index (χ4n) is 21.7. The zero-order chi connectivity index (χ0) is 88.3. The van der Waals surface area contributed by atoms with Gasteiger partial charge in [0.25, 0.3) is 23.6 Å². The number of benzene rings is 20. The fraction of sp³-hybridized carbons (Fsp3) is 0.103. The van der Waals surface area contributed by atoms with Crippen LogP contribution in [0.4, 0.5) is 11.4 Å². The molecule has 25 rings (SSSR count). The number of hydrogen-bond acceptors (Lipinski definition) is 12. The van der Waals surface area contributed by atoms with E-state index in [1.807, 2.05) is 36.4 Å². The van der Waals surface area contributed by atoms with Crippen LogP contribution in [0, 0.1) is 0 Å². The first kappa shape index (κ1) is 76.1. The number of para-hydroxylation sites is 2. The van der Waals surface area contributed by atoms with E-state index in [1.165, 1.54) is 9.80 Å². The van der Waals surface area contributed by atoms with Crippen molar-refractivity contribution in [2.75, 3.05) is 9.80 Å². The van der Waals surface area contributed by atoms with Gasteiger partial charge in [0.15, 0.2) is 0 Å². The Hall–Kier alpha value is -16.3. The van der Waals surface area contributed by atoms with Gasteiger partial charge < -0.3 is 39.4 Å². The predicted octanol–water partition coefficient (Wildman–Crippen LogP) is 30.1. The van der Waals surface area contributed by atoms with E-state index in [-0.39, 0.29) is 46.7 Å². The van der Waals surface area contributed by atoms with Crippen molar-refractivity contribution in [1.82, 2.24) is 0 Å². The van der Waals surface area contributed by atoms with Crippen LogP contribution in [0.1, 0.15) is 165 Å². The Morgan fingerprint density at radius 3 is 0.669 bits per heavy atom. The second kappa shape index (κ2) is 27.6. The zero-order valence-electron chi connectivity index (χ0n) is 71.8. The van der Waals surface area contributed by atoms with Gasteiger partial charge in [-0.15, -0.1) is 0 Å². The van der Waals surface area contributed by atoms with Gasteiger partial charge in [0.2, 0.25) is 0 Å². The minimum atomic E-state index is -0.477. The van der Waals surface area contributed by atoms with Crippen molar-refractivity contribution in [3.8, 4) is 114 Å². The fourth-order valence-corrected chi connectivity index (χ4v) is 21.7. The molecule has 4 amide bonds. The molecule has 0 spiro atoms. The maximum Gasteiger partial charge on any atom is 0.266 e. The average Bonchev–Trinajstić information content (AvgIpc) is 0.967. The van der Waals surface area contributed by atoms with Gasteiger partial charge in [0, 0.05) is 43.1 Å². The van der Waals surface area contributed by atoms with Gasteiger partial charge >= 0.3 is 0 Å². The summed E-state index contributed by atoms with van der Waals surface area (Å²) in [5, 5.41) is 58.9. The summed E-state index contributed by atoms with van der Waals surface area (Å²) in [5.41, 5.74) is 18.4. The van der Waals surface area contributed by atoms with E-state index < -0.39 is 23.6 Å². The summed E-state index contributed by atoms with van der Waals surface area (Å²) in [5.74, 6) is 1.38.